The van der Waals surface area contributed by atoms with E-state index in [-0.39, 0.29) is 11.8 Å². The Morgan fingerprint density at radius 1 is 1.00 bits per heavy atom. The topological polar surface area (TPSA) is 62.3 Å². The van der Waals surface area contributed by atoms with Crippen molar-refractivity contribution < 1.29 is 9.59 Å². The Balaban J connectivity index is 2.14. The summed E-state index contributed by atoms with van der Waals surface area (Å²) in [6.45, 7) is 7.17. The van der Waals surface area contributed by atoms with Crippen LogP contribution in [0.15, 0.2) is 42.7 Å². The fourth-order valence-corrected chi connectivity index (χ4v) is 2.40. The number of hydrogen-bond acceptors (Lipinski definition) is 3. The molecule has 0 saturated carbocycles. The summed E-state index contributed by atoms with van der Waals surface area (Å²) in [6.07, 6.45) is 3.91. The highest BCUT2D eigenvalue weighted by Crippen LogP contribution is 2.13. The van der Waals surface area contributed by atoms with Gasteiger partial charge in [0.1, 0.15) is 0 Å². The molecule has 1 aromatic heterocycles. The highest BCUT2D eigenvalue weighted by Gasteiger charge is 2.15. The van der Waals surface area contributed by atoms with E-state index in [1.54, 1.807) is 11.0 Å². The lowest BCUT2D eigenvalue weighted by molar-refractivity contribution is 0.0772. The van der Waals surface area contributed by atoms with Crippen LogP contribution in [-0.2, 0) is 6.42 Å². The highest BCUT2D eigenvalue weighted by atomic mass is 16.2. The molecule has 0 fully saturated rings. The molecular formula is C19H23N3O2. The average molecular weight is 325 g/mol. The fourth-order valence-electron chi connectivity index (χ4n) is 2.40. The number of hydrogen-bond donors (Lipinski definition) is 1. The number of nitrogens with zero attached hydrogens (tertiary/aromatic N) is 2. The van der Waals surface area contributed by atoms with E-state index < -0.39 is 0 Å². The van der Waals surface area contributed by atoms with Crippen molar-refractivity contribution in [1.82, 2.24) is 9.88 Å². The third-order valence-electron chi connectivity index (χ3n) is 3.92. The van der Waals surface area contributed by atoms with E-state index in [0.29, 0.717) is 24.2 Å². The Morgan fingerprint density at radius 2 is 1.62 bits per heavy atom. The fraction of sp³-hybridized carbons (Fsp3) is 0.316. The van der Waals surface area contributed by atoms with Crippen LogP contribution in [0.5, 0.6) is 0 Å². The second kappa shape index (κ2) is 8.24. The summed E-state index contributed by atoms with van der Waals surface area (Å²) in [7, 11) is 0. The second-order valence-corrected chi connectivity index (χ2v) is 5.44. The maximum atomic E-state index is 12.4. The summed E-state index contributed by atoms with van der Waals surface area (Å²) in [5.74, 6) is -0.393. The van der Waals surface area contributed by atoms with Crippen LogP contribution in [0, 0.1) is 0 Å². The molecule has 2 amide bonds. The predicted octanol–water partition coefficient (Wildman–Crippen LogP) is 3.38. The van der Waals surface area contributed by atoms with Gasteiger partial charge in [0.2, 0.25) is 0 Å². The van der Waals surface area contributed by atoms with Gasteiger partial charge in [0.05, 0.1) is 11.1 Å². The summed E-state index contributed by atoms with van der Waals surface area (Å²) in [4.78, 5) is 30.5. The Labute approximate surface area is 142 Å². The summed E-state index contributed by atoms with van der Waals surface area (Å²) in [5, 5.41) is 2.83. The maximum Gasteiger partial charge on any atom is 0.257 e. The Morgan fingerprint density at radius 3 is 2.21 bits per heavy atom. The van der Waals surface area contributed by atoms with Gasteiger partial charge in [-0.2, -0.15) is 0 Å². The number of pyridine rings is 1. The number of rotatable bonds is 6. The Bertz CT molecular complexity index is 707. The molecule has 0 aliphatic heterocycles. The van der Waals surface area contributed by atoms with Crippen molar-refractivity contribution >= 4 is 17.5 Å². The lowest BCUT2D eigenvalue weighted by Crippen LogP contribution is -2.30. The minimum absolute atomic E-state index is 0.116. The number of nitrogens with one attached hydrogen (secondary N) is 1. The minimum Gasteiger partial charge on any atom is -0.339 e. The zero-order valence-corrected chi connectivity index (χ0v) is 14.4. The number of carbonyl (C=O) groups is 2. The zero-order valence-electron chi connectivity index (χ0n) is 14.4. The van der Waals surface area contributed by atoms with Crippen molar-refractivity contribution in [2.24, 2.45) is 0 Å². The maximum absolute atomic E-state index is 12.4. The standard InChI is InChI=1S/C19H23N3O2/c1-4-14-7-9-17(10-8-14)21-18(23)15-11-16(13-20-12-15)19(24)22(5-2)6-3/h7-13H,4-6H2,1-3H3,(H,21,23). The molecule has 2 aromatic rings. The molecule has 0 aliphatic carbocycles. The molecule has 5 nitrogen and oxygen atoms in total. The van der Waals surface area contributed by atoms with Gasteiger partial charge in [0, 0.05) is 31.2 Å². The van der Waals surface area contributed by atoms with Crippen LogP contribution in [0.25, 0.3) is 0 Å². The van der Waals surface area contributed by atoms with Gasteiger partial charge in [0.25, 0.3) is 11.8 Å². The Hall–Kier alpha value is -2.69. The van der Waals surface area contributed by atoms with E-state index in [9.17, 15) is 9.59 Å². The molecule has 1 heterocycles. The molecule has 0 aliphatic rings. The smallest absolute Gasteiger partial charge is 0.257 e. The van der Waals surface area contributed by atoms with Crippen LogP contribution >= 0.6 is 0 Å². The summed E-state index contributed by atoms with van der Waals surface area (Å²) in [5.41, 5.74) is 2.72. The summed E-state index contributed by atoms with van der Waals surface area (Å²) < 4.78 is 0. The molecule has 0 spiro atoms. The van der Waals surface area contributed by atoms with E-state index in [2.05, 4.69) is 17.2 Å². The Kier molecular flexibility index (Phi) is 6.07. The highest BCUT2D eigenvalue weighted by molar-refractivity contribution is 6.05. The number of aryl methyl sites for hydroxylation is 1. The van der Waals surface area contributed by atoms with Crippen molar-refractivity contribution in [3.05, 3.63) is 59.4 Å². The van der Waals surface area contributed by atoms with Gasteiger partial charge in [-0.1, -0.05) is 19.1 Å². The lowest BCUT2D eigenvalue weighted by Gasteiger charge is -2.18. The summed E-state index contributed by atoms with van der Waals surface area (Å²) in [6, 6.07) is 9.29. The third kappa shape index (κ3) is 4.19. The van der Waals surface area contributed by atoms with E-state index in [0.717, 1.165) is 12.1 Å². The third-order valence-corrected chi connectivity index (χ3v) is 3.92. The van der Waals surface area contributed by atoms with Crippen LogP contribution < -0.4 is 5.32 Å². The number of anilines is 1. The van der Waals surface area contributed by atoms with Gasteiger partial charge in [-0.05, 0) is 44.0 Å². The molecule has 0 saturated heterocycles. The van der Waals surface area contributed by atoms with Crippen LogP contribution in [0.3, 0.4) is 0 Å². The van der Waals surface area contributed by atoms with Gasteiger partial charge in [-0.25, -0.2) is 0 Å². The second-order valence-electron chi connectivity index (χ2n) is 5.44. The van der Waals surface area contributed by atoms with Gasteiger partial charge in [0.15, 0.2) is 0 Å². The lowest BCUT2D eigenvalue weighted by atomic mass is 10.1. The molecule has 1 N–H and O–H groups in total. The first-order valence-corrected chi connectivity index (χ1v) is 8.23. The van der Waals surface area contributed by atoms with Crippen molar-refractivity contribution in [2.75, 3.05) is 18.4 Å². The molecule has 1 aromatic carbocycles. The summed E-state index contributed by atoms with van der Waals surface area (Å²) >= 11 is 0. The number of amides is 2. The van der Waals surface area contributed by atoms with E-state index >= 15 is 0 Å². The average Bonchev–Trinajstić information content (AvgIpc) is 2.63. The molecule has 0 radical (unpaired) electrons. The van der Waals surface area contributed by atoms with Crippen molar-refractivity contribution in [1.29, 1.82) is 0 Å². The van der Waals surface area contributed by atoms with Crippen molar-refractivity contribution in [3.8, 4) is 0 Å². The number of aromatic nitrogens is 1. The quantitative estimate of drug-likeness (QED) is 0.885. The molecule has 2 rings (SSSR count). The molecule has 126 valence electrons. The molecule has 5 heteroatoms. The van der Waals surface area contributed by atoms with E-state index in [1.807, 2.05) is 38.1 Å². The number of carbonyl (C=O) groups excluding carboxylic acids is 2. The van der Waals surface area contributed by atoms with Gasteiger partial charge in [-0.15, -0.1) is 0 Å². The minimum atomic E-state index is -0.277. The van der Waals surface area contributed by atoms with E-state index in [1.165, 1.54) is 18.0 Å². The molecular weight excluding hydrogens is 302 g/mol. The SMILES string of the molecule is CCc1ccc(NC(=O)c2cncc(C(=O)N(CC)CC)c2)cc1. The van der Waals surface area contributed by atoms with Gasteiger partial charge >= 0.3 is 0 Å². The molecule has 24 heavy (non-hydrogen) atoms. The zero-order chi connectivity index (χ0) is 17.5. The van der Waals surface area contributed by atoms with Crippen LogP contribution in [0.1, 0.15) is 47.1 Å². The van der Waals surface area contributed by atoms with Crippen LogP contribution in [0.4, 0.5) is 5.69 Å². The van der Waals surface area contributed by atoms with Crippen LogP contribution in [-0.4, -0.2) is 34.8 Å². The number of benzene rings is 1. The normalized spacial score (nSPS) is 10.3. The monoisotopic (exact) mass is 325 g/mol. The molecule has 0 bridgehead atoms. The van der Waals surface area contributed by atoms with Gasteiger partial charge < -0.3 is 10.2 Å². The first-order chi connectivity index (χ1) is 11.6. The first-order valence-electron chi connectivity index (χ1n) is 8.23. The predicted molar refractivity (Wildman–Crippen MR) is 95.3 cm³/mol. The first kappa shape index (κ1) is 17.7. The van der Waals surface area contributed by atoms with Crippen molar-refractivity contribution in [3.63, 3.8) is 0 Å². The van der Waals surface area contributed by atoms with Crippen LogP contribution in [0.2, 0.25) is 0 Å². The van der Waals surface area contributed by atoms with Gasteiger partial charge in [-0.3, -0.25) is 14.6 Å². The molecule has 0 atom stereocenters. The molecule has 0 unspecified atom stereocenters. The van der Waals surface area contributed by atoms with Crippen molar-refractivity contribution in [2.45, 2.75) is 27.2 Å². The largest absolute Gasteiger partial charge is 0.339 e. The van der Waals surface area contributed by atoms with E-state index in [4.69, 9.17) is 0 Å².